The van der Waals surface area contributed by atoms with Crippen molar-refractivity contribution in [2.24, 2.45) is 0 Å². The SMILES string of the molecule is CSCCCCCCNC(C)c1ccccc1F. The van der Waals surface area contributed by atoms with Gasteiger partial charge in [0.15, 0.2) is 0 Å². The Kier molecular flexibility index (Phi) is 8.10. The summed E-state index contributed by atoms with van der Waals surface area (Å²) in [6.45, 7) is 2.99. The molecule has 1 atom stereocenters. The Bertz CT molecular complexity index is 330. The summed E-state index contributed by atoms with van der Waals surface area (Å²) in [5.41, 5.74) is 0.764. The van der Waals surface area contributed by atoms with E-state index < -0.39 is 0 Å². The molecule has 1 nitrogen and oxygen atoms in total. The fraction of sp³-hybridized carbons (Fsp3) is 0.600. The Morgan fingerprint density at radius 1 is 1.17 bits per heavy atom. The molecule has 0 bridgehead atoms. The predicted octanol–water partition coefficient (Wildman–Crippen LogP) is 4.40. The third-order valence-electron chi connectivity index (χ3n) is 3.10. The van der Waals surface area contributed by atoms with Crippen molar-refractivity contribution in [3.8, 4) is 0 Å². The molecule has 3 heteroatoms. The molecule has 0 aliphatic heterocycles. The average molecular weight is 269 g/mol. The van der Waals surface area contributed by atoms with Crippen LogP contribution in [-0.2, 0) is 0 Å². The highest BCUT2D eigenvalue weighted by Gasteiger charge is 2.08. The second-order valence-corrected chi connectivity index (χ2v) is 5.59. The fourth-order valence-electron chi connectivity index (χ4n) is 1.98. The number of benzene rings is 1. The van der Waals surface area contributed by atoms with Crippen LogP contribution in [0.25, 0.3) is 0 Å². The van der Waals surface area contributed by atoms with Crippen molar-refractivity contribution >= 4 is 11.8 Å². The lowest BCUT2D eigenvalue weighted by Crippen LogP contribution is -2.20. The van der Waals surface area contributed by atoms with Gasteiger partial charge in [0, 0.05) is 11.6 Å². The van der Waals surface area contributed by atoms with E-state index in [2.05, 4.69) is 11.6 Å². The van der Waals surface area contributed by atoms with E-state index in [1.54, 1.807) is 6.07 Å². The first-order chi connectivity index (χ1) is 8.75. The highest BCUT2D eigenvalue weighted by molar-refractivity contribution is 7.98. The molecule has 1 N–H and O–H groups in total. The van der Waals surface area contributed by atoms with Gasteiger partial charge in [-0.2, -0.15) is 11.8 Å². The van der Waals surface area contributed by atoms with Crippen LogP contribution in [0.15, 0.2) is 24.3 Å². The van der Waals surface area contributed by atoms with E-state index in [9.17, 15) is 4.39 Å². The van der Waals surface area contributed by atoms with Gasteiger partial charge in [-0.1, -0.05) is 31.0 Å². The van der Waals surface area contributed by atoms with Crippen LogP contribution in [0.1, 0.15) is 44.2 Å². The zero-order valence-corrected chi connectivity index (χ0v) is 12.2. The number of unbranched alkanes of at least 4 members (excludes halogenated alkanes) is 3. The van der Waals surface area contributed by atoms with Gasteiger partial charge in [0.05, 0.1) is 0 Å². The number of nitrogens with one attached hydrogen (secondary N) is 1. The van der Waals surface area contributed by atoms with Crippen LogP contribution in [0.5, 0.6) is 0 Å². The molecule has 18 heavy (non-hydrogen) atoms. The summed E-state index contributed by atoms with van der Waals surface area (Å²) in [6, 6.07) is 7.09. The normalized spacial score (nSPS) is 12.6. The second kappa shape index (κ2) is 9.40. The minimum atomic E-state index is -0.113. The number of hydrogen-bond acceptors (Lipinski definition) is 2. The van der Waals surface area contributed by atoms with Crippen LogP contribution < -0.4 is 5.32 Å². The minimum absolute atomic E-state index is 0.0948. The third kappa shape index (κ3) is 5.87. The van der Waals surface area contributed by atoms with Crippen molar-refractivity contribution in [3.05, 3.63) is 35.6 Å². The van der Waals surface area contributed by atoms with Gasteiger partial charge in [-0.3, -0.25) is 0 Å². The first-order valence-corrected chi connectivity index (χ1v) is 8.12. The van der Waals surface area contributed by atoms with Gasteiger partial charge in [0.2, 0.25) is 0 Å². The summed E-state index contributed by atoms with van der Waals surface area (Å²) < 4.78 is 13.5. The predicted molar refractivity (Wildman–Crippen MR) is 79.7 cm³/mol. The zero-order valence-electron chi connectivity index (χ0n) is 11.4. The molecule has 0 aliphatic rings. The lowest BCUT2D eigenvalue weighted by Gasteiger charge is -2.14. The first kappa shape index (κ1) is 15.5. The quantitative estimate of drug-likeness (QED) is 0.667. The molecule has 0 aliphatic carbocycles. The van der Waals surface area contributed by atoms with Gasteiger partial charge < -0.3 is 5.32 Å². The molecule has 0 fully saturated rings. The molecule has 0 amide bonds. The van der Waals surface area contributed by atoms with Gasteiger partial charge >= 0.3 is 0 Å². The largest absolute Gasteiger partial charge is 0.310 e. The molecule has 1 aromatic rings. The van der Waals surface area contributed by atoms with Crippen LogP contribution >= 0.6 is 11.8 Å². The Morgan fingerprint density at radius 2 is 1.89 bits per heavy atom. The molecule has 1 aromatic carbocycles. The zero-order chi connectivity index (χ0) is 13.2. The molecule has 1 unspecified atom stereocenters. The average Bonchev–Trinajstić information content (AvgIpc) is 2.38. The molecule has 0 radical (unpaired) electrons. The van der Waals surface area contributed by atoms with E-state index >= 15 is 0 Å². The first-order valence-electron chi connectivity index (χ1n) is 6.72. The van der Waals surface area contributed by atoms with Crippen molar-refractivity contribution < 1.29 is 4.39 Å². The maximum atomic E-state index is 13.5. The lowest BCUT2D eigenvalue weighted by molar-refractivity contribution is 0.510. The topological polar surface area (TPSA) is 12.0 Å². The highest BCUT2D eigenvalue weighted by Crippen LogP contribution is 2.16. The van der Waals surface area contributed by atoms with E-state index in [4.69, 9.17) is 0 Å². The van der Waals surface area contributed by atoms with Crippen LogP contribution in [0.2, 0.25) is 0 Å². The van der Waals surface area contributed by atoms with Crippen LogP contribution in [0.3, 0.4) is 0 Å². The molecular weight excluding hydrogens is 245 g/mol. The Balaban J connectivity index is 2.14. The number of rotatable bonds is 9. The molecule has 0 spiro atoms. The maximum Gasteiger partial charge on any atom is 0.127 e. The lowest BCUT2D eigenvalue weighted by atomic mass is 10.1. The molecule has 0 heterocycles. The van der Waals surface area contributed by atoms with Crippen molar-refractivity contribution in [2.45, 2.75) is 38.6 Å². The van der Waals surface area contributed by atoms with Crippen molar-refractivity contribution in [1.82, 2.24) is 5.32 Å². The van der Waals surface area contributed by atoms with Gasteiger partial charge in [0.25, 0.3) is 0 Å². The van der Waals surface area contributed by atoms with Crippen molar-refractivity contribution in [2.75, 3.05) is 18.6 Å². The highest BCUT2D eigenvalue weighted by atomic mass is 32.2. The van der Waals surface area contributed by atoms with Crippen molar-refractivity contribution in [1.29, 1.82) is 0 Å². The molecule has 102 valence electrons. The smallest absolute Gasteiger partial charge is 0.127 e. The second-order valence-electron chi connectivity index (χ2n) is 4.60. The maximum absolute atomic E-state index is 13.5. The molecule has 0 saturated carbocycles. The van der Waals surface area contributed by atoms with Crippen LogP contribution in [0.4, 0.5) is 4.39 Å². The van der Waals surface area contributed by atoms with Crippen molar-refractivity contribution in [3.63, 3.8) is 0 Å². The fourth-order valence-corrected chi connectivity index (χ4v) is 2.47. The summed E-state index contributed by atoms with van der Waals surface area (Å²) in [6.07, 6.45) is 7.20. The summed E-state index contributed by atoms with van der Waals surface area (Å²) in [4.78, 5) is 0. The number of halogens is 1. The standard InChI is InChI=1S/C15H24FNS/c1-13(14-9-5-6-10-15(14)16)17-11-7-3-4-8-12-18-2/h5-6,9-10,13,17H,3-4,7-8,11-12H2,1-2H3. The molecule has 1 rings (SSSR count). The minimum Gasteiger partial charge on any atom is -0.310 e. The summed E-state index contributed by atoms with van der Waals surface area (Å²) in [5.74, 6) is 1.15. The van der Waals surface area contributed by atoms with Gasteiger partial charge in [0.1, 0.15) is 5.82 Å². The Labute approximate surface area is 115 Å². The van der Waals surface area contributed by atoms with Crippen LogP contribution in [-0.4, -0.2) is 18.6 Å². The molecular formula is C15H24FNS. The van der Waals surface area contributed by atoms with E-state index in [1.807, 2.05) is 30.8 Å². The summed E-state index contributed by atoms with van der Waals surface area (Å²) >= 11 is 1.91. The van der Waals surface area contributed by atoms with E-state index in [-0.39, 0.29) is 11.9 Å². The van der Waals surface area contributed by atoms with Gasteiger partial charge in [-0.05, 0) is 44.4 Å². The van der Waals surface area contributed by atoms with Gasteiger partial charge in [-0.25, -0.2) is 4.39 Å². The summed E-state index contributed by atoms with van der Waals surface area (Å²) in [7, 11) is 0. The molecule has 0 saturated heterocycles. The van der Waals surface area contributed by atoms with Gasteiger partial charge in [-0.15, -0.1) is 0 Å². The van der Waals surface area contributed by atoms with E-state index in [0.717, 1.165) is 12.1 Å². The number of thioether (sulfide) groups is 1. The summed E-state index contributed by atoms with van der Waals surface area (Å²) in [5, 5.41) is 3.39. The van der Waals surface area contributed by atoms with E-state index in [0.29, 0.717) is 0 Å². The number of hydrogen-bond donors (Lipinski definition) is 1. The van der Waals surface area contributed by atoms with E-state index in [1.165, 1.54) is 37.5 Å². The van der Waals surface area contributed by atoms with Crippen LogP contribution in [0, 0.1) is 5.82 Å². The molecule has 0 aromatic heterocycles. The Morgan fingerprint density at radius 3 is 2.61 bits per heavy atom. The monoisotopic (exact) mass is 269 g/mol. The Hall–Kier alpha value is -0.540. The third-order valence-corrected chi connectivity index (χ3v) is 3.79.